The molecule has 1 aromatic carbocycles. The lowest BCUT2D eigenvalue weighted by molar-refractivity contribution is -0.154. The first-order chi connectivity index (χ1) is 16.3. The van der Waals surface area contributed by atoms with Crippen molar-refractivity contribution >= 4 is 23.4 Å². The molecule has 186 valence electrons. The van der Waals surface area contributed by atoms with Gasteiger partial charge in [-0.15, -0.1) is 0 Å². The number of piperazine rings is 1. The van der Waals surface area contributed by atoms with E-state index in [0.29, 0.717) is 19.6 Å². The zero-order valence-electron chi connectivity index (χ0n) is 20.7. The molecule has 7 heteroatoms. The van der Waals surface area contributed by atoms with Gasteiger partial charge < -0.3 is 9.80 Å². The van der Waals surface area contributed by atoms with Gasteiger partial charge in [-0.2, -0.15) is 0 Å². The highest BCUT2D eigenvalue weighted by atomic mass is 35.5. The molecule has 0 atom stereocenters. The molecule has 1 heterocycles. The van der Waals surface area contributed by atoms with Crippen LogP contribution in [-0.4, -0.2) is 90.3 Å². The van der Waals surface area contributed by atoms with Crippen LogP contribution in [0.4, 0.5) is 0 Å². The second-order valence-electron chi connectivity index (χ2n) is 11.6. The maximum absolute atomic E-state index is 13.9. The summed E-state index contributed by atoms with van der Waals surface area (Å²) in [4.78, 5) is 34.4. The van der Waals surface area contributed by atoms with Crippen molar-refractivity contribution < 1.29 is 9.59 Å². The highest BCUT2D eigenvalue weighted by molar-refractivity contribution is 6.30. The van der Waals surface area contributed by atoms with Crippen molar-refractivity contribution in [2.75, 3.05) is 53.4 Å². The van der Waals surface area contributed by atoms with E-state index < -0.39 is 0 Å². The SMILES string of the molecule is CN(C)C(=O)CN1CCN(CC(=O)N(Cc2ccc(Cl)cc2)C23CC4CC(CC(C4)C2)C3)CC1. The van der Waals surface area contributed by atoms with Gasteiger partial charge in [0.15, 0.2) is 0 Å². The topological polar surface area (TPSA) is 47.1 Å². The summed E-state index contributed by atoms with van der Waals surface area (Å²) in [6.45, 7) is 4.96. The first-order valence-electron chi connectivity index (χ1n) is 13.0. The third kappa shape index (κ3) is 5.14. The molecule has 4 aliphatic carbocycles. The second kappa shape index (κ2) is 9.79. The molecule has 4 saturated carbocycles. The Kier molecular flexibility index (Phi) is 6.93. The summed E-state index contributed by atoms with van der Waals surface area (Å²) in [7, 11) is 3.61. The van der Waals surface area contributed by atoms with Crippen LogP contribution in [-0.2, 0) is 16.1 Å². The number of benzene rings is 1. The average molecular weight is 487 g/mol. The Morgan fingerprint density at radius 1 is 0.853 bits per heavy atom. The fourth-order valence-corrected chi connectivity index (χ4v) is 7.53. The summed E-state index contributed by atoms with van der Waals surface area (Å²) in [6, 6.07) is 8.02. The van der Waals surface area contributed by atoms with Crippen LogP contribution in [0.25, 0.3) is 0 Å². The Labute approximate surface area is 209 Å². The van der Waals surface area contributed by atoms with Gasteiger partial charge in [0.1, 0.15) is 0 Å². The fourth-order valence-electron chi connectivity index (χ4n) is 7.40. The normalized spacial score (nSPS) is 31.0. The van der Waals surface area contributed by atoms with Gasteiger partial charge in [0.25, 0.3) is 0 Å². The number of nitrogens with zero attached hydrogens (tertiary/aromatic N) is 4. The number of carbonyl (C=O) groups excluding carboxylic acids is 2. The zero-order chi connectivity index (χ0) is 23.9. The van der Waals surface area contributed by atoms with Gasteiger partial charge in [-0.05, 0) is 74.0 Å². The summed E-state index contributed by atoms with van der Waals surface area (Å²) >= 11 is 6.14. The third-order valence-electron chi connectivity index (χ3n) is 8.81. The first-order valence-corrected chi connectivity index (χ1v) is 13.4. The van der Waals surface area contributed by atoms with Gasteiger partial charge >= 0.3 is 0 Å². The largest absolute Gasteiger partial charge is 0.348 e. The van der Waals surface area contributed by atoms with Crippen molar-refractivity contribution in [3.05, 3.63) is 34.9 Å². The van der Waals surface area contributed by atoms with E-state index in [4.69, 9.17) is 11.6 Å². The number of hydrogen-bond acceptors (Lipinski definition) is 4. The van der Waals surface area contributed by atoms with Gasteiger partial charge in [-0.25, -0.2) is 0 Å². The first kappa shape index (κ1) is 24.1. The summed E-state index contributed by atoms with van der Waals surface area (Å²) in [5, 5.41) is 0.738. The highest BCUT2D eigenvalue weighted by Gasteiger charge is 2.54. The van der Waals surface area contributed by atoms with E-state index in [1.165, 1.54) is 44.1 Å². The summed E-state index contributed by atoms with van der Waals surface area (Å²) in [5.74, 6) is 2.80. The van der Waals surface area contributed by atoms with Crippen molar-refractivity contribution in [1.82, 2.24) is 19.6 Å². The second-order valence-corrected chi connectivity index (χ2v) is 12.0. The van der Waals surface area contributed by atoms with Crippen LogP contribution in [0.5, 0.6) is 0 Å². The molecule has 1 saturated heterocycles. The van der Waals surface area contributed by atoms with E-state index >= 15 is 0 Å². The summed E-state index contributed by atoms with van der Waals surface area (Å²) in [6.07, 6.45) is 7.65. The molecule has 6 rings (SSSR count). The van der Waals surface area contributed by atoms with E-state index in [1.54, 1.807) is 19.0 Å². The minimum absolute atomic E-state index is 0.0332. The molecule has 2 amide bonds. The third-order valence-corrected chi connectivity index (χ3v) is 9.07. The van der Waals surface area contributed by atoms with Crippen molar-refractivity contribution in [2.24, 2.45) is 17.8 Å². The number of likely N-dealkylation sites (N-methyl/N-ethyl adjacent to an activating group) is 1. The molecule has 34 heavy (non-hydrogen) atoms. The lowest BCUT2D eigenvalue weighted by Crippen LogP contribution is -2.62. The number of hydrogen-bond donors (Lipinski definition) is 0. The van der Waals surface area contributed by atoms with Gasteiger partial charge in [-0.1, -0.05) is 23.7 Å². The lowest BCUT2D eigenvalue weighted by atomic mass is 9.52. The van der Waals surface area contributed by atoms with Crippen LogP contribution in [0.2, 0.25) is 5.02 Å². The predicted octanol–water partition coefficient (Wildman–Crippen LogP) is 3.34. The Morgan fingerprint density at radius 3 is 1.79 bits per heavy atom. The molecule has 4 bridgehead atoms. The van der Waals surface area contributed by atoms with Crippen molar-refractivity contribution in [2.45, 2.75) is 50.6 Å². The molecule has 0 radical (unpaired) electrons. The minimum Gasteiger partial charge on any atom is -0.348 e. The maximum Gasteiger partial charge on any atom is 0.237 e. The van der Waals surface area contributed by atoms with E-state index in [0.717, 1.165) is 49.0 Å². The van der Waals surface area contributed by atoms with E-state index in [2.05, 4.69) is 26.8 Å². The quantitative estimate of drug-likeness (QED) is 0.593. The molecule has 0 N–H and O–H groups in total. The molecule has 1 aliphatic heterocycles. The smallest absolute Gasteiger partial charge is 0.237 e. The van der Waals surface area contributed by atoms with Crippen LogP contribution in [0.1, 0.15) is 44.1 Å². The van der Waals surface area contributed by atoms with E-state index in [1.807, 2.05) is 12.1 Å². The molecule has 1 aromatic rings. The van der Waals surface area contributed by atoms with Crippen LogP contribution < -0.4 is 0 Å². The number of rotatable bonds is 7. The predicted molar refractivity (Wildman–Crippen MR) is 134 cm³/mol. The Balaban J connectivity index is 1.27. The molecule has 0 unspecified atom stereocenters. The fraction of sp³-hybridized carbons (Fsp3) is 0.704. The molecule has 6 nitrogen and oxygen atoms in total. The Morgan fingerprint density at radius 2 is 1.32 bits per heavy atom. The maximum atomic E-state index is 13.9. The van der Waals surface area contributed by atoms with Gasteiger partial charge in [-0.3, -0.25) is 19.4 Å². The molecule has 0 aromatic heterocycles. The molecular weight excluding hydrogens is 448 g/mol. The monoisotopic (exact) mass is 486 g/mol. The van der Waals surface area contributed by atoms with Crippen LogP contribution in [0.15, 0.2) is 24.3 Å². The van der Waals surface area contributed by atoms with Crippen molar-refractivity contribution in [1.29, 1.82) is 0 Å². The summed E-state index contributed by atoms with van der Waals surface area (Å²) in [5.41, 5.74) is 1.20. The van der Waals surface area contributed by atoms with E-state index in [9.17, 15) is 9.59 Å². The van der Waals surface area contributed by atoms with Crippen LogP contribution in [0, 0.1) is 17.8 Å². The molecule has 5 aliphatic rings. The minimum atomic E-state index is 0.0332. The van der Waals surface area contributed by atoms with Gasteiger partial charge in [0.05, 0.1) is 13.1 Å². The highest BCUT2D eigenvalue weighted by Crippen LogP contribution is 2.58. The average Bonchev–Trinajstić information content (AvgIpc) is 2.78. The van der Waals surface area contributed by atoms with E-state index in [-0.39, 0.29) is 17.4 Å². The van der Waals surface area contributed by atoms with Crippen LogP contribution in [0.3, 0.4) is 0 Å². The van der Waals surface area contributed by atoms with Crippen molar-refractivity contribution in [3.8, 4) is 0 Å². The number of amides is 2. The summed E-state index contributed by atoms with van der Waals surface area (Å²) < 4.78 is 0. The number of halogens is 1. The standard InChI is InChI=1S/C27H39ClN4O2/c1-29(2)25(33)18-30-7-9-31(10-8-30)19-26(34)32(17-20-3-5-24(28)6-4-20)27-14-21-11-22(15-27)13-23(12-21)16-27/h3-6,21-23H,7-19H2,1-2H3. The molecular formula is C27H39ClN4O2. The Bertz CT molecular complexity index is 859. The molecule has 0 spiro atoms. The zero-order valence-corrected chi connectivity index (χ0v) is 21.5. The number of carbonyl (C=O) groups is 2. The van der Waals surface area contributed by atoms with Gasteiger partial charge in [0, 0.05) is 57.4 Å². The Hall–Kier alpha value is -1.63. The lowest BCUT2D eigenvalue weighted by Gasteiger charge is -2.60. The van der Waals surface area contributed by atoms with Gasteiger partial charge in [0.2, 0.25) is 11.8 Å². The molecule has 5 fully saturated rings. The van der Waals surface area contributed by atoms with Crippen molar-refractivity contribution in [3.63, 3.8) is 0 Å². The van der Waals surface area contributed by atoms with Crippen LogP contribution >= 0.6 is 11.6 Å².